The number of imidazole rings is 1. The number of benzene rings is 3. The summed E-state index contributed by atoms with van der Waals surface area (Å²) in [6, 6.07) is 25.7. The minimum absolute atomic E-state index is 0.0520. The predicted octanol–water partition coefficient (Wildman–Crippen LogP) is 6.47. The van der Waals surface area contributed by atoms with Crippen LogP contribution in [0.4, 0.5) is 5.69 Å². The largest absolute Gasteiger partial charge is 0.368 e. The summed E-state index contributed by atoms with van der Waals surface area (Å²) in [6.07, 6.45) is 2.01. The van der Waals surface area contributed by atoms with Crippen LogP contribution in [-0.2, 0) is 11.3 Å². The van der Waals surface area contributed by atoms with Crippen molar-refractivity contribution in [3.8, 4) is 5.69 Å². The van der Waals surface area contributed by atoms with Crippen molar-refractivity contribution in [2.75, 3.05) is 44.2 Å². The molecule has 0 spiro atoms. The molecule has 1 atom stereocenters. The monoisotopic (exact) mass is 599 g/mol. The second-order valence-electron chi connectivity index (χ2n) is 11.5. The first-order valence-corrected chi connectivity index (χ1v) is 15.3. The number of hydrogen-bond donors (Lipinski definition) is 0. The number of para-hydroxylation sites is 2. The zero-order chi connectivity index (χ0) is 27.6. The lowest BCUT2D eigenvalue weighted by molar-refractivity contribution is -0.137. The first kappa shape index (κ1) is 27.0. The van der Waals surface area contributed by atoms with Crippen LogP contribution >= 0.6 is 15.9 Å². The third-order valence-electron chi connectivity index (χ3n) is 8.45. The number of likely N-dealkylation sites (tertiary alicyclic amines) is 1. The third kappa shape index (κ3) is 5.68. The van der Waals surface area contributed by atoms with Gasteiger partial charge in [-0.25, -0.2) is 4.98 Å². The quantitative estimate of drug-likeness (QED) is 0.255. The molecule has 6 nitrogen and oxygen atoms in total. The molecular formula is C33H38BrN5O. The fraction of sp³-hybridized carbons (Fsp3) is 0.394. The Balaban J connectivity index is 1.11. The molecule has 3 aromatic carbocycles. The average Bonchev–Trinajstić information content (AvgIpc) is 3.35. The van der Waals surface area contributed by atoms with Crippen LogP contribution in [-0.4, -0.2) is 64.5 Å². The van der Waals surface area contributed by atoms with Gasteiger partial charge in [0, 0.05) is 48.6 Å². The molecule has 0 N–H and O–H groups in total. The first-order valence-electron chi connectivity index (χ1n) is 14.5. The SMILES string of the molecule is CC(C)c1ccc(N2CCN(C(=O)[C@H]3CCCN(Cc4nc5ccccc5n4-c4ccc(Br)cc4)C3)CC2)cc1. The number of anilines is 1. The lowest BCUT2D eigenvalue weighted by Gasteiger charge is -2.39. The number of carbonyl (C=O) groups excluding carboxylic acids is 1. The average molecular weight is 601 g/mol. The molecular weight excluding hydrogens is 562 g/mol. The number of halogens is 1. The molecule has 3 heterocycles. The molecule has 2 saturated heterocycles. The van der Waals surface area contributed by atoms with E-state index in [0.717, 1.165) is 85.7 Å². The number of carbonyl (C=O) groups is 1. The Kier molecular flexibility index (Phi) is 7.94. The van der Waals surface area contributed by atoms with Gasteiger partial charge in [-0.2, -0.15) is 0 Å². The maximum Gasteiger partial charge on any atom is 0.227 e. The van der Waals surface area contributed by atoms with Crippen molar-refractivity contribution in [1.82, 2.24) is 19.4 Å². The van der Waals surface area contributed by atoms with Gasteiger partial charge in [0.25, 0.3) is 0 Å². The van der Waals surface area contributed by atoms with E-state index in [1.165, 1.54) is 11.3 Å². The minimum Gasteiger partial charge on any atom is -0.368 e. The Labute approximate surface area is 245 Å². The number of fused-ring (bicyclic) bond motifs is 1. The molecule has 2 aliphatic heterocycles. The van der Waals surface area contributed by atoms with Crippen LogP contribution in [0, 0.1) is 5.92 Å². The highest BCUT2D eigenvalue weighted by Gasteiger charge is 2.32. The zero-order valence-electron chi connectivity index (χ0n) is 23.5. The normalized spacial score (nSPS) is 18.6. The smallest absolute Gasteiger partial charge is 0.227 e. The van der Waals surface area contributed by atoms with Gasteiger partial charge in [0.2, 0.25) is 5.91 Å². The van der Waals surface area contributed by atoms with E-state index in [9.17, 15) is 4.79 Å². The van der Waals surface area contributed by atoms with Gasteiger partial charge >= 0.3 is 0 Å². The Morgan fingerprint density at radius 3 is 2.33 bits per heavy atom. The van der Waals surface area contributed by atoms with E-state index in [-0.39, 0.29) is 5.92 Å². The van der Waals surface area contributed by atoms with Gasteiger partial charge in [0.15, 0.2) is 0 Å². The summed E-state index contributed by atoms with van der Waals surface area (Å²) in [4.78, 5) is 25.6. The Hall–Kier alpha value is -3.16. The molecule has 1 amide bonds. The fourth-order valence-electron chi connectivity index (χ4n) is 6.17. The number of nitrogens with zero attached hydrogens (tertiary/aromatic N) is 5. The number of rotatable bonds is 6. The molecule has 0 unspecified atom stereocenters. The van der Waals surface area contributed by atoms with Gasteiger partial charge in [0.05, 0.1) is 23.5 Å². The summed E-state index contributed by atoms with van der Waals surface area (Å²) in [5.74, 6) is 1.93. The zero-order valence-corrected chi connectivity index (χ0v) is 25.1. The van der Waals surface area contributed by atoms with Crippen molar-refractivity contribution in [2.24, 2.45) is 5.92 Å². The lowest BCUT2D eigenvalue weighted by atomic mass is 9.96. The molecule has 0 saturated carbocycles. The van der Waals surface area contributed by atoms with E-state index in [1.54, 1.807) is 0 Å². The Morgan fingerprint density at radius 1 is 0.900 bits per heavy atom. The molecule has 7 heteroatoms. The van der Waals surface area contributed by atoms with Crippen molar-refractivity contribution in [3.63, 3.8) is 0 Å². The summed E-state index contributed by atoms with van der Waals surface area (Å²) in [6.45, 7) is 10.3. The molecule has 2 aliphatic rings. The van der Waals surface area contributed by atoms with Crippen molar-refractivity contribution < 1.29 is 4.79 Å². The molecule has 4 aromatic rings. The van der Waals surface area contributed by atoms with Gasteiger partial charge < -0.3 is 9.80 Å². The summed E-state index contributed by atoms with van der Waals surface area (Å²) in [5.41, 5.74) is 5.84. The topological polar surface area (TPSA) is 44.6 Å². The minimum atomic E-state index is 0.0520. The van der Waals surface area contributed by atoms with Crippen LogP contribution in [0.3, 0.4) is 0 Å². The first-order chi connectivity index (χ1) is 19.5. The molecule has 0 bridgehead atoms. The van der Waals surface area contributed by atoms with Gasteiger partial charge in [-0.05, 0) is 79.4 Å². The van der Waals surface area contributed by atoms with E-state index in [1.807, 2.05) is 6.07 Å². The highest BCUT2D eigenvalue weighted by atomic mass is 79.9. The summed E-state index contributed by atoms with van der Waals surface area (Å²) >= 11 is 3.56. The maximum atomic E-state index is 13.6. The second-order valence-corrected chi connectivity index (χ2v) is 12.4. The van der Waals surface area contributed by atoms with Crippen molar-refractivity contribution in [1.29, 1.82) is 0 Å². The summed E-state index contributed by atoms with van der Waals surface area (Å²) in [7, 11) is 0. The third-order valence-corrected chi connectivity index (χ3v) is 8.98. The highest BCUT2D eigenvalue weighted by molar-refractivity contribution is 9.10. The highest BCUT2D eigenvalue weighted by Crippen LogP contribution is 2.27. The summed E-state index contributed by atoms with van der Waals surface area (Å²) in [5, 5.41) is 0. The van der Waals surface area contributed by atoms with Crippen LogP contribution < -0.4 is 4.90 Å². The van der Waals surface area contributed by atoms with Gasteiger partial charge in [-0.15, -0.1) is 0 Å². The van der Waals surface area contributed by atoms with E-state index < -0.39 is 0 Å². The van der Waals surface area contributed by atoms with Gasteiger partial charge in [0.1, 0.15) is 5.82 Å². The van der Waals surface area contributed by atoms with Crippen molar-refractivity contribution >= 4 is 38.6 Å². The van der Waals surface area contributed by atoms with E-state index in [4.69, 9.17) is 4.98 Å². The van der Waals surface area contributed by atoms with E-state index >= 15 is 0 Å². The molecule has 208 valence electrons. The van der Waals surface area contributed by atoms with Crippen LogP contribution in [0.25, 0.3) is 16.7 Å². The number of hydrogen-bond acceptors (Lipinski definition) is 4. The van der Waals surface area contributed by atoms with Gasteiger partial charge in [-0.1, -0.05) is 54.0 Å². The molecule has 40 heavy (non-hydrogen) atoms. The Bertz CT molecular complexity index is 1450. The van der Waals surface area contributed by atoms with Crippen molar-refractivity contribution in [3.05, 3.63) is 88.7 Å². The number of piperazine rings is 1. The van der Waals surface area contributed by atoms with Gasteiger partial charge in [-0.3, -0.25) is 14.3 Å². The molecule has 0 radical (unpaired) electrons. The van der Waals surface area contributed by atoms with E-state index in [2.05, 4.69) is 116 Å². The number of amides is 1. The Morgan fingerprint density at radius 2 is 1.60 bits per heavy atom. The fourth-order valence-corrected chi connectivity index (χ4v) is 6.44. The van der Waals surface area contributed by atoms with Crippen LogP contribution in [0.5, 0.6) is 0 Å². The molecule has 1 aromatic heterocycles. The van der Waals surface area contributed by atoms with E-state index in [0.29, 0.717) is 11.8 Å². The van der Waals surface area contributed by atoms with Crippen LogP contribution in [0.15, 0.2) is 77.3 Å². The lowest BCUT2D eigenvalue weighted by Crippen LogP contribution is -2.52. The molecule has 0 aliphatic carbocycles. The number of aromatic nitrogens is 2. The predicted molar refractivity (Wildman–Crippen MR) is 166 cm³/mol. The number of piperidine rings is 1. The second kappa shape index (κ2) is 11.8. The molecule has 2 fully saturated rings. The standard InChI is InChI=1S/C33H38BrN5O/c1-24(2)25-9-13-28(14-10-25)37-18-20-38(21-19-37)33(40)26-6-5-17-36(22-26)23-32-35-30-7-3-4-8-31(30)39(32)29-15-11-27(34)12-16-29/h3-4,7-16,24,26H,5-6,17-23H2,1-2H3/t26-/m0/s1. The summed E-state index contributed by atoms with van der Waals surface area (Å²) < 4.78 is 3.32. The van der Waals surface area contributed by atoms with Crippen molar-refractivity contribution in [2.45, 2.75) is 39.2 Å². The van der Waals surface area contributed by atoms with Crippen LogP contribution in [0.1, 0.15) is 44.0 Å². The van der Waals surface area contributed by atoms with Crippen LogP contribution in [0.2, 0.25) is 0 Å². The molecule has 6 rings (SSSR count). The maximum absolute atomic E-state index is 13.6.